The summed E-state index contributed by atoms with van der Waals surface area (Å²) in [5.41, 5.74) is -0.105. The van der Waals surface area contributed by atoms with Gasteiger partial charge in [-0.15, -0.1) is 0 Å². The number of benzene rings is 2. The molecule has 2 N–H and O–H groups in total. The van der Waals surface area contributed by atoms with Crippen LogP contribution >= 0.6 is 0 Å². The second-order valence-electron chi connectivity index (χ2n) is 7.29. The van der Waals surface area contributed by atoms with Gasteiger partial charge in [0.25, 0.3) is 0 Å². The number of alkyl halides is 3. The van der Waals surface area contributed by atoms with Crippen LogP contribution < -0.4 is 10.6 Å². The third-order valence-corrected chi connectivity index (χ3v) is 5.04. The van der Waals surface area contributed by atoms with Gasteiger partial charge in [-0.3, -0.25) is 4.79 Å². The van der Waals surface area contributed by atoms with Gasteiger partial charge in [0.2, 0.25) is 5.91 Å². The zero-order valence-corrected chi connectivity index (χ0v) is 17.2. The predicted molar refractivity (Wildman–Crippen MR) is 110 cm³/mol. The van der Waals surface area contributed by atoms with Crippen LogP contribution in [-0.2, 0) is 15.7 Å². The predicted octanol–water partition coefficient (Wildman–Crippen LogP) is 3.98. The maximum atomic E-state index is 13.2. The number of ether oxygens (including phenoxy) is 1. The van der Waals surface area contributed by atoms with E-state index in [1.54, 1.807) is 12.1 Å². The van der Waals surface area contributed by atoms with Crippen LogP contribution in [0, 0.1) is 0 Å². The fourth-order valence-electron chi connectivity index (χ4n) is 3.45. The van der Waals surface area contributed by atoms with E-state index in [0.717, 1.165) is 12.1 Å². The van der Waals surface area contributed by atoms with E-state index in [1.165, 1.54) is 36.3 Å². The van der Waals surface area contributed by atoms with Crippen LogP contribution in [0.2, 0.25) is 0 Å². The first-order chi connectivity index (χ1) is 15.2. The van der Waals surface area contributed by atoms with E-state index >= 15 is 0 Å². The van der Waals surface area contributed by atoms with E-state index < -0.39 is 29.8 Å². The molecule has 3 rings (SSSR count). The molecule has 170 valence electrons. The van der Waals surface area contributed by atoms with Gasteiger partial charge in [0, 0.05) is 25.2 Å². The molecule has 10 heteroatoms. The highest BCUT2D eigenvalue weighted by Crippen LogP contribution is 2.31. The standard InChI is InChI=1S/C22H22F3N3O4/c1-32-20(30)15-6-3-8-17(12-15)26-21(31)27-18(13-28-10-4-9-19(28)29)14-5-2-7-16(11-14)22(23,24)25/h2-3,5-8,11-12,18H,4,9-10,13H2,1H3,(H2,26,27,31)/t18-/m0/s1. The smallest absolute Gasteiger partial charge is 0.416 e. The second-order valence-corrected chi connectivity index (χ2v) is 7.29. The van der Waals surface area contributed by atoms with Crippen molar-refractivity contribution in [2.45, 2.75) is 25.1 Å². The van der Waals surface area contributed by atoms with Gasteiger partial charge < -0.3 is 20.3 Å². The van der Waals surface area contributed by atoms with Gasteiger partial charge in [0.15, 0.2) is 0 Å². The van der Waals surface area contributed by atoms with E-state index in [4.69, 9.17) is 0 Å². The molecule has 1 heterocycles. The van der Waals surface area contributed by atoms with E-state index in [1.807, 2.05) is 0 Å². The Morgan fingerprint density at radius 1 is 1.16 bits per heavy atom. The third-order valence-electron chi connectivity index (χ3n) is 5.04. The van der Waals surface area contributed by atoms with Crippen LogP contribution in [0.5, 0.6) is 0 Å². The number of likely N-dealkylation sites (tertiary alicyclic amines) is 1. The molecule has 2 aromatic rings. The first-order valence-electron chi connectivity index (χ1n) is 9.88. The molecule has 3 amide bonds. The summed E-state index contributed by atoms with van der Waals surface area (Å²) in [5.74, 6) is -0.696. The minimum Gasteiger partial charge on any atom is -0.465 e. The van der Waals surface area contributed by atoms with Crippen molar-refractivity contribution in [2.24, 2.45) is 0 Å². The Kier molecular flexibility index (Phi) is 7.01. The average molecular weight is 449 g/mol. The number of methoxy groups -OCH3 is 1. The normalized spacial score (nSPS) is 14.8. The van der Waals surface area contributed by atoms with E-state index in [2.05, 4.69) is 15.4 Å². The number of nitrogens with zero attached hydrogens (tertiary/aromatic N) is 1. The van der Waals surface area contributed by atoms with Gasteiger partial charge in [-0.1, -0.05) is 18.2 Å². The molecule has 0 aliphatic carbocycles. The lowest BCUT2D eigenvalue weighted by Gasteiger charge is -2.26. The number of esters is 1. The average Bonchev–Trinajstić information content (AvgIpc) is 3.16. The van der Waals surface area contributed by atoms with Crippen LogP contribution in [0.4, 0.5) is 23.7 Å². The molecule has 0 saturated carbocycles. The van der Waals surface area contributed by atoms with Crippen molar-refractivity contribution >= 4 is 23.6 Å². The van der Waals surface area contributed by atoms with Crippen molar-refractivity contribution in [1.29, 1.82) is 0 Å². The number of carbonyl (C=O) groups excluding carboxylic acids is 3. The molecule has 32 heavy (non-hydrogen) atoms. The molecule has 1 aliphatic heterocycles. The number of hydrogen-bond donors (Lipinski definition) is 2. The van der Waals surface area contributed by atoms with E-state index in [-0.39, 0.29) is 23.6 Å². The molecule has 0 spiro atoms. The monoisotopic (exact) mass is 449 g/mol. The Labute approximate surface area is 182 Å². The third kappa shape index (κ3) is 5.77. The van der Waals surface area contributed by atoms with Crippen LogP contribution in [0.3, 0.4) is 0 Å². The summed E-state index contributed by atoms with van der Waals surface area (Å²) < 4.78 is 44.2. The number of carbonyl (C=O) groups is 3. The number of anilines is 1. The highest BCUT2D eigenvalue weighted by Gasteiger charge is 2.32. The minimum absolute atomic E-state index is 0.0375. The maximum absolute atomic E-state index is 13.2. The van der Waals surface area contributed by atoms with Crippen LogP contribution in [0.25, 0.3) is 0 Å². The number of halogens is 3. The zero-order chi connectivity index (χ0) is 23.3. The summed E-state index contributed by atoms with van der Waals surface area (Å²) >= 11 is 0. The number of nitrogens with one attached hydrogen (secondary N) is 2. The molecule has 0 aromatic heterocycles. The van der Waals surface area contributed by atoms with Gasteiger partial charge in [-0.25, -0.2) is 9.59 Å². The van der Waals surface area contributed by atoms with Crippen molar-refractivity contribution in [3.05, 3.63) is 65.2 Å². The highest BCUT2D eigenvalue weighted by molar-refractivity contribution is 5.94. The lowest BCUT2D eigenvalue weighted by atomic mass is 10.0. The van der Waals surface area contributed by atoms with E-state index in [9.17, 15) is 27.6 Å². The quantitative estimate of drug-likeness (QED) is 0.654. The number of urea groups is 1. The van der Waals surface area contributed by atoms with Crippen molar-refractivity contribution in [1.82, 2.24) is 10.2 Å². The Morgan fingerprint density at radius 3 is 2.56 bits per heavy atom. The van der Waals surface area contributed by atoms with Crippen LogP contribution in [0.15, 0.2) is 48.5 Å². The molecule has 7 nitrogen and oxygen atoms in total. The summed E-state index contributed by atoms with van der Waals surface area (Å²) in [4.78, 5) is 37.9. The second kappa shape index (κ2) is 9.71. The topological polar surface area (TPSA) is 87.7 Å². The lowest BCUT2D eigenvalue weighted by molar-refractivity contribution is -0.137. The zero-order valence-electron chi connectivity index (χ0n) is 17.2. The largest absolute Gasteiger partial charge is 0.465 e. The molecule has 0 bridgehead atoms. The minimum atomic E-state index is -4.54. The molecule has 2 aromatic carbocycles. The lowest BCUT2D eigenvalue weighted by Crippen LogP contribution is -2.40. The van der Waals surface area contributed by atoms with Gasteiger partial charge in [0.05, 0.1) is 24.3 Å². The summed E-state index contributed by atoms with van der Waals surface area (Å²) in [6, 6.07) is 9.10. The molecule has 0 radical (unpaired) electrons. The SMILES string of the molecule is COC(=O)c1cccc(NC(=O)N[C@@H](CN2CCCC2=O)c2cccc(C(F)(F)F)c2)c1. The molecule has 1 atom stereocenters. The number of hydrogen-bond acceptors (Lipinski definition) is 4. The number of rotatable bonds is 6. The number of amides is 3. The van der Waals surface area contributed by atoms with Crippen LogP contribution in [-0.4, -0.2) is 43.0 Å². The first kappa shape index (κ1) is 23.1. The Balaban J connectivity index is 1.80. The molecule has 1 aliphatic rings. The van der Waals surface area contributed by atoms with Crippen molar-refractivity contribution in [3.63, 3.8) is 0 Å². The first-order valence-corrected chi connectivity index (χ1v) is 9.88. The maximum Gasteiger partial charge on any atom is 0.416 e. The molecule has 1 fully saturated rings. The summed E-state index contributed by atoms with van der Waals surface area (Å²) in [6.45, 7) is 0.508. The highest BCUT2D eigenvalue weighted by atomic mass is 19.4. The fourth-order valence-corrected chi connectivity index (χ4v) is 3.45. The van der Waals surface area contributed by atoms with Crippen LogP contribution in [0.1, 0.15) is 40.4 Å². The summed E-state index contributed by atoms with van der Waals surface area (Å²) in [6.07, 6.45) is -3.52. The van der Waals surface area contributed by atoms with Crippen molar-refractivity contribution in [2.75, 3.05) is 25.5 Å². The summed E-state index contributed by atoms with van der Waals surface area (Å²) in [5, 5.41) is 5.20. The van der Waals surface area contributed by atoms with Gasteiger partial charge in [-0.2, -0.15) is 13.2 Å². The Bertz CT molecular complexity index is 1010. The van der Waals surface area contributed by atoms with Gasteiger partial charge >= 0.3 is 18.2 Å². The molecular weight excluding hydrogens is 427 g/mol. The molecule has 1 saturated heterocycles. The fraction of sp³-hybridized carbons (Fsp3) is 0.318. The Hall–Kier alpha value is -3.56. The molecular formula is C22H22F3N3O4. The van der Waals surface area contributed by atoms with Crippen molar-refractivity contribution in [3.8, 4) is 0 Å². The van der Waals surface area contributed by atoms with E-state index in [0.29, 0.717) is 25.1 Å². The summed E-state index contributed by atoms with van der Waals surface area (Å²) in [7, 11) is 1.23. The Morgan fingerprint density at radius 2 is 1.91 bits per heavy atom. The van der Waals surface area contributed by atoms with Gasteiger partial charge in [-0.05, 0) is 42.3 Å². The van der Waals surface area contributed by atoms with Gasteiger partial charge in [0.1, 0.15) is 0 Å². The molecule has 0 unspecified atom stereocenters. The van der Waals surface area contributed by atoms with Crippen molar-refractivity contribution < 1.29 is 32.3 Å².